The average Bonchev–Trinajstić information content (AvgIpc) is 3.13. The van der Waals surface area contributed by atoms with Gasteiger partial charge in [0, 0.05) is 34.8 Å². The minimum Gasteiger partial charge on any atom is -0.311 e. The van der Waals surface area contributed by atoms with E-state index in [0.717, 1.165) is 41.9 Å². The number of piperidine rings is 1. The first-order chi connectivity index (χ1) is 11.5. The molecule has 8 heteroatoms. The summed E-state index contributed by atoms with van der Waals surface area (Å²) in [6.07, 6.45) is 4.06. The highest BCUT2D eigenvalue weighted by molar-refractivity contribution is 7.89. The van der Waals surface area contributed by atoms with Crippen molar-refractivity contribution in [3.05, 3.63) is 35.3 Å². The third-order valence-corrected chi connectivity index (χ3v) is 7.33. The second kappa shape index (κ2) is 7.32. The summed E-state index contributed by atoms with van der Waals surface area (Å²) in [6, 6.07) is 8.01. The molecule has 2 unspecified atom stereocenters. The molecule has 0 radical (unpaired) electrons. The molecule has 0 amide bonds. The van der Waals surface area contributed by atoms with Gasteiger partial charge in [0.05, 0.1) is 4.90 Å². The Bertz CT molecular complexity index is 841. The number of rotatable bonds is 4. The van der Waals surface area contributed by atoms with Gasteiger partial charge in [-0.2, -0.15) is 0 Å². The monoisotopic (exact) mass is 399 g/mol. The number of halogens is 1. The minimum absolute atomic E-state index is 0. The maximum absolute atomic E-state index is 12.8. The van der Waals surface area contributed by atoms with Gasteiger partial charge < -0.3 is 5.32 Å². The molecule has 2 N–H and O–H groups in total. The van der Waals surface area contributed by atoms with Crippen LogP contribution in [0.5, 0.6) is 0 Å². The summed E-state index contributed by atoms with van der Waals surface area (Å²) in [5.41, 5.74) is 1.80. The summed E-state index contributed by atoms with van der Waals surface area (Å²) in [6.45, 7) is 1.94. The van der Waals surface area contributed by atoms with Gasteiger partial charge in [-0.05, 0) is 44.7 Å². The van der Waals surface area contributed by atoms with Gasteiger partial charge in [-0.3, -0.25) is 0 Å². The van der Waals surface area contributed by atoms with Gasteiger partial charge in [-0.1, -0.05) is 12.1 Å². The fraction of sp³-hybridized carbons (Fsp3) is 0.471. The number of thiazole rings is 1. The van der Waals surface area contributed by atoms with Crippen molar-refractivity contribution in [1.82, 2.24) is 15.0 Å². The van der Waals surface area contributed by atoms with Crippen molar-refractivity contribution in [2.24, 2.45) is 0 Å². The lowest BCUT2D eigenvalue weighted by molar-refractivity contribution is 0.345. The molecule has 2 saturated heterocycles. The molecular formula is C17H22ClN3O2S2. The Hall–Kier alpha value is -0.990. The minimum atomic E-state index is -3.50. The summed E-state index contributed by atoms with van der Waals surface area (Å²) in [4.78, 5) is 4.76. The van der Waals surface area contributed by atoms with Crippen LogP contribution in [0.15, 0.2) is 34.5 Å². The van der Waals surface area contributed by atoms with Crippen molar-refractivity contribution in [3.8, 4) is 10.6 Å². The topological polar surface area (TPSA) is 71.1 Å². The van der Waals surface area contributed by atoms with E-state index in [0.29, 0.717) is 17.0 Å². The highest BCUT2D eigenvalue weighted by Crippen LogP contribution is 2.29. The molecule has 2 fully saturated rings. The first-order valence-electron chi connectivity index (χ1n) is 8.30. The van der Waals surface area contributed by atoms with Gasteiger partial charge >= 0.3 is 0 Å². The Balaban J connectivity index is 0.00000182. The van der Waals surface area contributed by atoms with E-state index in [2.05, 4.69) is 15.0 Å². The van der Waals surface area contributed by atoms with Crippen molar-refractivity contribution < 1.29 is 8.42 Å². The molecule has 2 atom stereocenters. The number of nitrogens with zero attached hydrogens (tertiary/aromatic N) is 1. The van der Waals surface area contributed by atoms with Crippen LogP contribution in [0.4, 0.5) is 0 Å². The lowest BCUT2D eigenvalue weighted by Crippen LogP contribution is -2.47. The van der Waals surface area contributed by atoms with Crippen LogP contribution in [-0.4, -0.2) is 31.5 Å². The van der Waals surface area contributed by atoms with Crippen LogP contribution >= 0.6 is 23.7 Å². The number of benzene rings is 1. The van der Waals surface area contributed by atoms with Gasteiger partial charge in [-0.25, -0.2) is 18.1 Å². The number of aryl methyl sites for hydroxylation is 1. The molecule has 2 aliphatic heterocycles. The van der Waals surface area contributed by atoms with Crippen LogP contribution in [-0.2, 0) is 10.0 Å². The predicted octanol–water partition coefficient (Wildman–Crippen LogP) is 3.10. The molecule has 0 saturated carbocycles. The largest absolute Gasteiger partial charge is 0.311 e. The lowest BCUT2D eigenvalue weighted by atomic mass is 10.0. The summed E-state index contributed by atoms with van der Waals surface area (Å²) >= 11 is 1.53. The molecule has 3 heterocycles. The van der Waals surface area contributed by atoms with Crippen molar-refractivity contribution in [2.45, 2.75) is 55.6 Å². The van der Waals surface area contributed by atoms with Crippen LogP contribution in [0, 0.1) is 6.92 Å². The van der Waals surface area contributed by atoms with E-state index in [1.165, 1.54) is 11.3 Å². The van der Waals surface area contributed by atoms with E-state index in [9.17, 15) is 8.42 Å². The lowest BCUT2D eigenvalue weighted by Gasteiger charge is -2.29. The van der Waals surface area contributed by atoms with Crippen molar-refractivity contribution in [2.75, 3.05) is 0 Å². The zero-order valence-electron chi connectivity index (χ0n) is 13.9. The Morgan fingerprint density at radius 1 is 1.24 bits per heavy atom. The second-order valence-electron chi connectivity index (χ2n) is 6.75. The molecule has 5 nitrogen and oxygen atoms in total. The van der Waals surface area contributed by atoms with E-state index in [1.807, 2.05) is 18.4 Å². The van der Waals surface area contributed by atoms with E-state index < -0.39 is 10.0 Å². The maximum Gasteiger partial charge on any atom is 0.240 e. The van der Waals surface area contributed by atoms with E-state index in [4.69, 9.17) is 0 Å². The maximum atomic E-state index is 12.8. The zero-order valence-corrected chi connectivity index (χ0v) is 16.4. The van der Waals surface area contributed by atoms with Crippen LogP contribution in [0.2, 0.25) is 0 Å². The molecule has 2 bridgehead atoms. The van der Waals surface area contributed by atoms with E-state index in [-0.39, 0.29) is 18.4 Å². The van der Waals surface area contributed by atoms with Crippen LogP contribution in [0.3, 0.4) is 0 Å². The number of aromatic nitrogens is 1. The molecular weight excluding hydrogens is 378 g/mol. The molecule has 4 rings (SSSR count). The molecule has 0 spiro atoms. The SMILES string of the molecule is Cc1csc(-c2cccc(S(=O)(=O)NC3CC4CCC(C3)N4)c2)n1.Cl. The second-order valence-corrected chi connectivity index (χ2v) is 9.32. The number of nitrogens with one attached hydrogen (secondary N) is 2. The summed E-state index contributed by atoms with van der Waals surface area (Å²) < 4.78 is 28.5. The first-order valence-corrected chi connectivity index (χ1v) is 10.7. The standard InChI is InChI=1S/C17H21N3O2S2.ClH/c1-11-10-23-17(18-11)12-3-2-4-16(7-12)24(21,22)20-15-8-13-5-6-14(9-15)19-13;/h2-4,7,10,13-15,19-20H,5-6,8-9H2,1H3;1H. The van der Waals surface area contributed by atoms with Crippen LogP contribution in [0.25, 0.3) is 10.6 Å². The van der Waals surface area contributed by atoms with Crippen molar-refractivity contribution in [3.63, 3.8) is 0 Å². The quantitative estimate of drug-likeness (QED) is 0.828. The van der Waals surface area contributed by atoms with Gasteiger partial charge in [-0.15, -0.1) is 23.7 Å². The smallest absolute Gasteiger partial charge is 0.240 e. The van der Waals surface area contributed by atoms with Crippen molar-refractivity contribution >= 4 is 33.8 Å². The molecule has 2 aromatic rings. The Kier molecular flexibility index (Phi) is 5.51. The number of fused-ring (bicyclic) bond motifs is 2. The molecule has 25 heavy (non-hydrogen) atoms. The van der Waals surface area contributed by atoms with E-state index >= 15 is 0 Å². The fourth-order valence-electron chi connectivity index (χ4n) is 3.72. The first kappa shape index (κ1) is 18.8. The van der Waals surface area contributed by atoms with Gasteiger partial charge in [0.1, 0.15) is 5.01 Å². The van der Waals surface area contributed by atoms with Crippen LogP contribution in [0.1, 0.15) is 31.4 Å². The Morgan fingerprint density at radius 3 is 2.60 bits per heavy atom. The van der Waals surface area contributed by atoms with Gasteiger partial charge in [0.2, 0.25) is 10.0 Å². The molecule has 1 aromatic carbocycles. The molecule has 1 aromatic heterocycles. The molecule has 0 aliphatic carbocycles. The predicted molar refractivity (Wildman–Crippen MR) is 103 cm³/mol. The summed E-state index contributed by atoms with van der Waals surface area (Å²) in [7, 11) is -3.50. The van der Waals surface area contributed by atoms with Gasteiger partial charge in [0.15, 0.2) is 0 Å². The number of sulfonamides is 1. The molecule has 2 aliphatic rings. The third kappa shape index (κ3) is 4.06. The van der Waals surface area contributed by atoms with Crippen LogP contribution < -0.4 is 10.0 Å². The summed E-state index contributed by atoms with van der Waals surface area (Å²) in [5, 5.41) is 6.36. The number of hydrogen-bond donors (Lipinski definition) is 2. The number of hydrogen-bond acceptors (Lipinski definition) is 5. The highest BCUT2D eigenvalue weighted by atomic mass is 35.5. The zero-order chi connectivity index (χ0) is 16.7. The van der Waals surface area contributed by atoms with Crippen molar-refractivity contribution in [1.29, 1.82) is 0 Å². The van der Waals surface area contributed by atoms with E-state index in [1.54, 1.807) is 18.2 Å². The fourth-order valence-corrected chi connectivity index (χ4v) is 5.83. The Labute approximate surface area is 158 Å². The average molecular weight is 400 g/mol. The summed E-state index contributed by atoms with van der Waals surface area (Å²) in [5.74, 6) is 0. The molecule has 136 valence electrons. The normalized spacial score (nSPS) is 25.6. The van der Waals surface area contributed by atoms with Gasteiger partial charge in [0.25, 0.3) is 0 Å². The Morgan fingerprint density at radius 2 is 1.96 bits per heavy atom. The third-order valence-electron chi connectivity index (χ3n) is 4.81. The highest BCUT2D eigenvalue weighted by Gasteiger charge is 2.35.